The molecule has 1 saturated heterocycles. The Morgan fingerprint density at radius 2 is 1.81 bits per heavy atom. The van der Waals surface area contributed by atoms with Crippen molar-refractivity contribution in [2.24, 2.45) is 11.8 Å². The molecule has 2 fully saturated rings. The van der Waals surface area contributed by atoms with Gasteiger partial charge in [0.1, 0.15) is 11.4 Å². The highest BCUT2D eigenvalue weighted by Gasteiger charge is 2.53. The van der Waals surface area contributed by atoms with E-state index in [9.17, 15) is 19.5 Å². The number of ether oxygens (including phenoxy) is 2. The average molecular weight is 589 g/mol. The number of aliphatic hydroxyl groups is 2. The second-order valence-corrected chi connectivity index (χ2v) is 11.0. The van der Waals surface area contributed by atoms with Crippen LogP contribution in [0.25, 0.3) is 0 Å². The summed E-state index contributed by atoms with van der Waals surface area (Å²) < 4.78 is 11.1. The van der Waals surface area contributed by atoms with E-state index in [2.05, 4.69) is 35.0 Å². The number of carboxylic acids is 3. The third kappa shape index (κ3) is 7.82. The summed E-state index contributed by atoms with van der Waals surface area (Å²) in [6, 6.07) is 10.4. The Kier molecular flexibility index (Phi) is 11.0. The first-order valence-electron chi connectivity index (χ1n) is 13.8. The SMILES string of the molecule is CCOCc1cc(CN2C[C@@H]3CC[C@@](O)(c4ncccc4C)[C@@H]3C2)ccc1OC.O=C(O)CC(O)(CC(=O)O)C(=O)O. The molecule has 1 aliphatic heterocycles. The molecule has 5 N–H and O–H groups in total. The van der Waals surface area contributed by atoms with Gasteiger partial charge in [-0.15, -0.1) is 0 Å². The molecule has 230 valence electrons. The lowest BCUT2D eigenvalue weighted by molar-refractivity contribution is -0.170. The molecule has 2 heterocycles. The van der Waals surface area contributed by atoms with Crippen LogP contribution in [0.3, 0.4) is 0 Å². The van der Waals surface area contributed by atoms with Crippen LogP contribution < -0.4 is 4.74 Å². The molecule has 2 aliphatic rings. The topological polar surface area (TPSA) is 187 Å². The second-order valence-electron chi connectivity index (χ2n) is 11.0. The molecule has 12 heteroatoms. The third-order valence-corrected chi connectivity index (χ3v) is 7.94. The zero-order valence-corrected chi connectivity index (χ0v) is 24.2. The van der Waals surface area contributed by atoms with Gasteiger partial charge in [0, 0.05) is 43.9 Å². The molecule has 0 spiro atoms. The Hall–Kier alpha value is -3.58. The number of likely N-dealkylation sites (tertiary alicyclic amines) is 1. The second kappa shape index (κ2) is 14.1. The molecule has 1 aromatic heterocycles. The lowest BCUT2D eigenvalue weighted by atomic mass is 9.83. The van der Waals surface area contributed by atoms with Crippen LogP contribution in [-0.2, 0) is 37.9 Å². The molecular weight excluding hydrogens is 548 g/mol. The first-order valence-corrected chi connectivity index (χ1v) is 13.8. The van der Waals surface area contributed by atoms with E-state index in [1.165, 1.54) is 5.56 Å². The Balaban J connectivity index is 0.000000316. The molecule has 12 nitrogen and oxygen atoms in total. The fourth-order valence-corrected chi connectivity index (χ4v) is 5.97. The van der Waals surface area contributed by atoms with Crippen LogP contribution in [0.15, 0.2) is 36.5 Å². The number of aromatic nitrogens is 1. The predicted octanol–water partition coefficient (Wildman–Crippen LogP) is 2.42. The van der Waals surface area contributed by atoms with Crippen LogP contribution in [0.4, 0.5) is 0 Å². The number of carboxylic acid groups (broad SMARTS) is 3. The highest BCUT2D eigenvalue weighted by molar-refractivity contribution is 5.88. The Morgan fingerprint density at radius 1 is 1.12 bits per heavy atom. The first-order chi connectivity index (χ1) is 19.8. The van der Waals surface area contributed by atoms with Gasteiger partial charge in [-0.1, -0.05) is 12.1 Å². The number of fused-ring (bicyclic) bond motifs is 1. The van der Waals surface area contributed by atoms with Crippen molar-refractivity contribution in [3.8, 4) is 5.75 Å². The van der Waals surface area contributed by atoms with E-state index < -0.39 is 42.0 Å². The normalized spacial score (nSPS) is 21.7. The van der Waals surface area contributed by atoms with Crippen LogP contribution >= 0.6 is 0 Å². The van der Waals surface area contributed by atoms with Crippen molar-refractivity contribution in [2.45, 2.75) is 63.9 Å². The van der Waals surface area contributed by atoms with Crippen molar-refractivity contribution in [1.82, 2.24) is 9.88 Å². The number of rotatable bonds is 12. The highest BCUT2D eigenvalue weighted by atomic mass is 16.5. The summed E-state index contributed by atoms with van der Waals surface area (Å²) in [6.45, 7) is 8.14. The molecule has 1 saturated carbocycles. The number of pyridine rings is 1. The van der Waals surface area contributed by atoms with Gasteiger partial charge < -0.3 is 35.0 Å². The lowest BCUT2D eigenvalue weighted by Gasteiger charge is -2.31. The molecule has 1 aromatic carbocycles. The van der Waals surface area contributed by atoms with Crippen LogP contribution in [0.5, 0.6) is 5.75 Å². The number of hydrogen-bond donors (Lipinski definition) is 5. The molecule has 0 amide bonds. The van der Waals surface area contributed by atoms with E-state index in [1.807, 2.05) is 19.1 Å². The Bertz CT molecular complexity index is 1250. The standard InChI is InChI=1S/C24H32N2O3.C6H8O7/c1-4-29-16-20-12-18(7-8-22(20)28-3)13-26-14-19-9-10-24(27,21(19)15-26)23-17(2)6-5-11-25-23;7-3(8)1-6(13,5(11)12)2-4(9)10/h5-8,11-12,19,21,27H,4,9-10,13-16H2,1-3H3;13H,1-2H2,(H,7,8)(H,9,10)(H,11,12)/t19-,21+,24-;/m0./s1. The van der Waals surface area contributed by atoms with Crippen molar-refractivity contribution >= 4 is 17.9 Å². The van der Waals surface area contributed by atoms with Gasteiger partial charge in [-0.2, -0.15) is 0 Å². The van der Waals surface area contributed by atoms with Crippen LogP contribution in [0, 0.1) is 18.8 Å². The van der Waals surface area contributed by atoms with Gasteiger partial charge in [-0.25, -0.2) is 4.79 Å². The van der Waals surface area contributed by atoms with E-state index in [0.29, 0.717) is 19.1 Å². The van der Waals surface area contributed by atoms with Crippen molar-refractivity contribution in [2.75, 3.05) is 26.8 Å². The third-order valence-electron chi connectivity index (χ3n) is 7.94. The summed E-state index contributed by atoms with van der Waals surface area (Å²) in [6.07, 6.45) is 1.39. The highest BCUT2D eigenvalue weighted by Crippen LogP contribution is 2.50. The summed E-state index contributed by atoms with van der Waals surface area (Å²) >= 11 is 0. The molecule has 4 rings (SSSR count). The van der Waals surface area contributed by atoms with Crippen LogP contribution in [0.2, 0.25) is 0 Å². The molecule has 0 radical (unpaired) electrons. The maximum atomic E-state index is 11.6. The summed E-state index contributed by atoms with van der Waals surface area (Å²) in [5.74, 6) is -3.37. The van der Waals surface area contributed by atoms with Crippen LogP contribution in [-0.4, -0.2) is 85.7 Å². The summed E-state index contributed by atoms with van der Waals surface area (Å²) in [5.41, 5.74) is 0.773. The summed E-state index contributed by atoms with van der Waals surface area (Å²) in [5, 5.41) is 45.4. The van der Waals surface area contributed by atoms with Gasteiger partial charge in [-0.05, 0) is 61.9 Å². The number of nitrogens with zero attached hydrogens (tertiary/aromatic N) is 2. The number of aliphatic carboxylic acids is 3. The molecule has 42 heavy (non-hydrogen) atoms. The van der Waals surface area contributed by atoms with Crippen LogP contribution in [0.1, 0.15) is 55.0 Å². The van der Waals surface area contributed by atoms with E-state index in [0.717, 1.165) is 55.0 Å². The molecular formula is C30H40N2O10. The number of benzene rings is 1. The minimum atomic E-state index is -2.74. The minimum absolute atomic E-state index is 0.247. The zero-order valence-electron chi connectivity index (χ0n) is 24.2. The molecule has 1 aliphatic carbocycles. The van der Waals surface area contributed by atoms with Gasteiger partial charge in [0.2, 0.25) is 0 Å². The van der Waals surface area contributed by atoms with Crippen molar-refractivity contribution in [3.05, 3.63) is 58.9 Å². The molecule has 0 bridgehead atoms. The number of carbonyl (C=O) groups is 3. The Labute approximate surface area is 244 Å². The maximum Gasteiger partial charge on any atom is 0.336 e. The molecule has 0 unspecified atom stereocenters. The minimum Gasteiger partial charge on any atom is -0.496 e. The molecule has 3 atom stereocenters. The van der Waals surface area contributed by atoms with Crippen molar-refractivity contribution in [1.29, 1.82) is 0 Å². The molecule has 2 aromatic rings. The summed E-state index contributed by atoms with van der Waals surface area (Å²) in [4.78, 5) is 37.5. The maximum absolute atomic E-state index is 11.6. The van der Waals surface area contributed by atoms with Crippen molar-refractivity contribution < 1.29 is 49.4 Å². The lowest BCUT2D eigenvalue weighted by Crippen LogP contribution is -2.42. The average Bonchev–Trinajstić information content (AvgIpc) is 3.46. The van der Waals surface area contributed by atoms with E-state index in [1.54, 1.807) is 13.3 Å². The fraction of sp³-hybridized carbons (Fsp3) is 0.533. The number of hydrogen-bond acceptors (Lipinski definition) is 9. The predicted molar refractivity (Wildman–Crippen MR) is 150 cm³/mol. The van der Waals surface area contributed by atoms with Gasteiger partial charge in [0.25, 0.3) is 0 Å². The van der Waals surface area contributed by atoms with Gasteiger partial charge in [-0.3, -0.25) is 19.5 Å². The monoisotopic (exact) mass is 588 g/mol. The number of aryl methyl sites for hydroxylation is 1. The van der Waals surface area contributed by atoms with Crippen molar-refractivity contribution in [3.63, 3.8) is 0 Å². The zero-order chi connectivity index (χ0) is 31.1. The summed E-state index contributed by atoms with van der Waals surface area (Å²) in [7, 11) is 1.70. The van der Waals surface area contributed by atoms with E-state index >= 15 is 0 Å². The van der Waals surface area contributed by atoms with Gasteiger partial charge >= 0.3 is 17.9 Å². The quantitative estimate of drug-likeness (QED) is 0.244. The Morgan fingerprint density at radius 3 is 2.38 bits per heavy atom. The first kappa shape index (κ1) is 32.9. The largest absolute Gasteiger partial charge is 0.496 e. The van der Waals surface area contributed by atoms with Gasteiger partial charge in [0.05, 0.1) is 32.3 Å². The smallest absolute Gasteiger partial charge is 0.336 e. The fourth-order valence-electron chi connectivity index (χ4n) is 5.97. The van der Waals surface area contributed by atoms with E-state index in [4.69, 9.17) is 29.9 Å². The number of methoxy groups -OCH3 is 1. The van der Waals surface area contributed by atoms with Gasteiger partial charge in [0.15, 0.2) is 5.60 Å². The van der Waals surface area contributed by atoms with E-state index in [-0.39, 0.29) is 5.92 Å².